The molecule has 1 N–H and O–H groups in total. The summed E-state index contributed by atoms with van der Waals surface area (Å²) in [6, 6.07) is 5.73. The number of hydrogen-bond donors (Lipinski definition) is 1. The predicted molar refractivity (Wildman–Crippen MR) is 76.8 cm³/mol. The lowest BCUT2D eigenvalue weighted by molar-refractivity contribution is -0.122. The van der Waals surface area contributed by atoms with Gasteiger partial charge in [-0.05, 0) is 23.6 Å². The largest absolute Gasteiger partial charge is 0.349 e. The Bertz CT molecular complexity index is 522. The minimum absolute atomic E-state index is 0.00572. The maximum atomic E-state index is 12.1. The predicted octanol–water partition coefficient (Wildman–Crippen LogP) is 2.18. The van der Waals surface area contributed by atoms with Crippen LogP contribution in [0.4, 0.5) is 0 Å². The minimum atomic E-state index is -0.00572. The van der Waals surface area contributed by atoms with Gasteiger partial charge in [0, 0.05) is 37.8 Å². The number of aromatic nitrogens is 3. The van der Waals surface area contributed by atoms with Gasteiger partial charge in [0.05, 0.1) is 6.04 Å². The van der Waals surface area contributed by atoms with Gasteiger partial charge in [-0.3, -0.25) is 14.5 Å². The number of hydrogen-bond acceptors (Lipinski definition) is 3. The fourth-order valence-electron chi connectivity index (χ4n) is 2.09. The van der Waals surface area contributed by atoms with Crippen molar-refractivity contribution in [2.24, 2.45) is 5.92 Å². The Morgan fingerprint density at radius 2 is 2.20 bits per heavy atom. The summed E-state index contributed by atoms with van der Waals surface area (Å²) in [7, 11) is 0. The lowest BCUT2D eigenvalue weighted by atomic mass is 9.97. The van der Waals surface area contributed by atoms with Gasteiger partial charge in [-0.25, -0.2) is 0 Å². The van der Waals surface area contributed by atoms with E-state index in [4.69, 9.17) is 0 Å². The second-order valence-electron chi connectivity index (χ2n) is 5.09. The molecule has 0 saturated heterocycles. The van der Waals surface area contributed by atoms with Crippen molar-refractivity contribution < 1.29 is 4.79 Å². The standard InChI is InChI=1S/C15H20N4O/c1-12(2)15(13-5-3-7-16-11-13)18-14(20)6-10-19-9-4-8-17-19/h3-5,7-9,11-12,15H,6,10H2,1-2H3,(H,18,20)/t15-/m0/s1. The second-order valence-corrected chi connectivity index (χ2v) is 5.09. The molecule has 0 bridgehead atoms. The summed E-state index contributed by atoms with van der Waals surface area (Å²) < 4.78 is 1.76. The molecule has 0 aliphatic carbocycles. The zero-order valence-electron chi connectivity index (χ0n) is 11.9. The molecule has 0 radical (unpaired) electrons. The van der Waals surface area contributed by atoms with Gasteiger partial charge >= 0.3 is 0 Å². The molecule has 106 valence electrons. The van der Waals surface area contributed by atoms with Gasteiger partial charge in [-0.1, -0.05) is 19.9 Å². The minimum Gasteiger partial charge on any atom is -0.349 e. The molecule has 5 heteroatoms. The van der Waals surface area contributed by atoms with Crippen LogP contribution in [0.5, 0.6) is 0 Å². The van der Waals surface area contributed by atoms with E-state index in [1.54, 1.807) is 23.3 Å². The first-order chi connectivity index (χ1) is 9.66. The molecule has 2 aromatic rings. The number of pyridine rings is 1. The number of amides is 1. The van der Waals surface area contributed by atoms with E-state index in [9.17, 15) is 4.79 Å². The van der Waals surface area contributed by atoms with Crippen LogP contribution < -0.4 is 5.32 Å². The summed E-state index contributed by atoms with van der Waals surface area (Å²) in [6.07, 6.45) is 7.53. The summed E-state index contributed by atoms with van der Waals surface area (Å²) in [5.41, 5.74) is 1.04. The molecule has 0 aliphatic rings. The van der Waals surface area contributed by atoms with Crippen LogP contribution in [0.1, 0.15) is 31.9 Å². The van der Waals surface area contributed by atoms with Crippen molar-refractivity contribution in [2.45, 2.75) is 32.9 Å². The Labute approximate surface area is 119 Å². The van der Waals surface area contributed by atoms with Gasteiger partial charge in [-0.15, -0.1) is 0 Å². The molecule has 20 heavy (non-hydrogen) atoms. The molecule has 2 heterocycles. The molecule has 0 spiro atoms. The van der Waals surface area contributed by atoms with Crippen molar-refractivity contribution in [3.8, 4) is 0 Å². The Hall–Kier alpha value is -2.17. The smallest absolute Gasteiger partial charge is 0.222 e. The zero-order chi connectivity index (χ0) is 14.4. The van der Waals surface area contributed by atoms with Crippen LogP contribution in [0.3, 0.4) is 0 Å². The molecular formula is C15H20N4O. The van der Waals surface area contributed by atoms with E-state index in [2.05, 4.69) is 29.2 Å². The number of nitrogens with zero attached hydrogens (tertiary/aromatic N) is 3. The highest BCUT2D eigenvalue weighted by atomic mass is 16.1. The van der Waals surface area contributed by atoms with Crippen molar-refractivity contribution in [1.82, 2.24) is 20.1 Å². The van der Waals surface area contributed by atoms with Crippen LogP contribution in [0, 0.1) is 5.92 Å². The third-order valence-corrected chi connectivity index (χ3v) is 3.15. The third kappa shape index (κ3) is 3.91. The average Bonchev–Trinajstić information content (AvgIpc) is 2.96. The van der Waals surface area contributed by atoms with Crippen LogP contribution in [-0.2, 0) is 11.3 Å². The quantitative estimate of drug-likeness (QED) is 0.876. The van der Waals surface area contributed by atoms with Gasteiger partial charge < -0.3 is 5.32 Å². The van der Waals surface area contributed by atoms with Crippen molar-refractivity contribution in [2.75, 3.05) is 0 Å². The van der Waals surface area contributed by atoms with E-state index in [0.717, 1.165) is 5.56 Å². The zero-order valence-corrected chi connectivity index (χ0v) is 11.9. The Kier molecular flexibility index (Phi) is 4.87. The number of nitrogens with one attached hydrogen (secondary N) is 1. The SMILES string of the molecule is CC(C)[C@H](NC(=O)CCn1cccn1)c1cccnc1. The highest BCUT2D eigenvalue weighted by Gasteiger charge is 2.18. The van der Waals surface area contributed by atoms with Gasteiger partial charge in [-0.2, -0.15) is 5.10 Å². The summed E-state index contributed by atoms with van der Waals surface area (Å²) in [5, 5.41) is 7.16. The third-order valence-electron chi connectivity index (χ3n) is 3.15. The molecule has 0 saturated carbocycles. The highest BCUT2D eigenvalue weighted by Crippen LogP contribution is 2.20. The number of carbonyl (C=O) groups excluding carboxylic acids is 1. The first-order valence-corrected chi connectivity index (χ1v) is 6.83. The molecule has 0 aliphatic heterocycles. The highest BCUT2D eigenvalue weighted by molar-refractivity contribution is 5.76. The summed E-state index contributed by atoms with van der Waals surface area (Å²) in [4.78, 5) is 16.2. The molecule has 1 amide bonds. The van der Waals surface area contributed by atoms with Crippen LogP contribution in [0.15, 0.2) is 43.0 Å². The van der Waals surface area contributed by atoms with E-state index >= 15 is 0 Å². The van der Waals surface area contributed by atoms with Crippen LogP contribution >= 0.6 is 0 Å². The van der Waals surface area contributed by atoms with E-state index in [1.165, 1.54) is 0 Å². The molecule has 0 aromatic carbocycles. The Balaban J connectivity index is 1.93. The number of rotatable bonds is 6. The fraction of sp³-hybridized carbons (Fsp3) is 0.400. The number of carbonyl (C=O) groups is 1. The van der Waals surface area contributed by atoms with E-state index in [1.807, 2.05) is 24.4 Å². The summed E-state index contributed by atoms with van der Waals surface area (Å²) >= 11 is 0. The van der Waals surface area contributed by atoms with Crippen LogP contribution in [-0.4, -0.2) is 20.7 Å². The van der Waals surface area contributed by atoms with E-state index in [0.29, 0.717) is 18.9 Å². The molecule has 1 atom stereocenters. The maximum absolute atomic E-state index is 12.1. The first kappa shape index (κ1) is 14.2. The maximum Gasteiger partial charge on any atom is 0.222 e. The monoisotopic (exact) mass is 272 g/mol. The van der Waals surface area contributed by atoms with Gasteiger partial charge in [0.15, 0.2) is 0 Å². The summed E-state index contributed by atoms with van der Waals surface area (Å²) in [5.74, 6) is 0.343. The van der Waals surface area contributed by atoms with Gasteiger partial charge in [0.2, 0.25) is 5.91 Å². The Morgan fingerprint density at radius 3 is 2.80 bits per heavy atom. The van der Waals surface area contributed by atoms with Crippen molar-refractivity contribution >= 4 is 5.91 Å². The molecule has 0 fully saturated rings. The van der Waals surface area contributed by atoms with Crippen molar-refractivity contribution in [1.29, 1.82) is 0 Å². The normalized spacial score (nSPS) is 12.3. The van der Waals surface area contributed by atoms with E-state index < -0.39 is 0 Å². The van der Waals surface area contributed by atoms with Gasteiger partial charge in [0.25, 0.3) is 0 Å². The lowest BCUT2D eigenvalue weighted by Gasteiger charge is -2.22. The molecule has 2 rings (SSSR count). The topological polar surface area (TPSA) is 59.8 Å². The molecular weight excluding hydrogens is 252 g/mol. The molecule has 5 nitrogen and oxygen atoms in total. The summed E-state index contributed by atoms with van der Waals surface area (Å²) in [6.45, 7) is 4.77. The molecule has 2 aromatic heterocycles. The van der Waals surface area contributed by atoms with Crippen LogP contribution in [0.25, 0.3) is 0 Å². The lowest BCUT2D eigenvalue weighted by Crippen LogP contribution is -2.32. The first-order valence-electron chi connectivity index (χ1n) is 6.83. The Morgan fingerprint density at radius 1 is 1.35 bits per heavy atom. The van der Waals surface area contributed by atoms with Gasteiger partial charge in [0.1, 0.15) is 0 Å². The van der Waals surface area contributed by atoms with E-state index in [-0.39, 0.29) is 11.9 Å². The van der Waals surface area contributed by atoms with Crippen molar-refractivity contribution in [3.63, 3.8) is 0 Å². The molecule has 0 unspecified atom stereocenters. The number of aryl methyl sites for hydroxylation is 1. The second kappa shape index (κ2) is 6.84. The van der Waals surface area contributed by atoms with Crippen LogP contribution in [0.2, 0.25) is 0 Å². The average molecular weight is 272 g/mol. The fourth-order valence-corrected chi connectivity index (χ4v) is 2.09. The van der Waals surface area contributed by atoms with Crippen molar-refractivity contribution in [3.05, 3.63) is 48.5 Å².